The third-order valence-electron chi connectivity index (χ3n) is 9.05. The summed E-state index contributed by atoms with van der Waals surface area (Å²) in [4.78, 5) is 0. The van der Waals surface area contributed by atoms with Gasteiger partial charge in [-0.05, 0) is 6.42 Å². The monoisotopic (exact) mass is 1100 g/mol. The van der Waals surface area contributed by atoms with E-state index in [1.807, 2.05) is 0 Å². The number of aliphatic hydroxyl groups excluding tert-OH is 2. The summed E-state index contributed by atoms with van der Waals surface area (Å²) in [5.74, 6) is 0. The molecule has 0 aromatic carbocycles. The van der Waals surface area contributed by atoms with Gasteiger partial charge in [-0.15, -0.1) is 0 Å². The van der Waals surface area contributed by atoms with Gasteiger partial charge >= 0.3 is 0 Å². The van der Waals surface area contributed by atoms with Crippen molar-refractivity contribution in [2.24, 2.45) is 0 Å². The molecule has 0 aromatic rings. The third kappa shape index (κ3) is 71.0. The topological polar surface area (TPSA) is 253 Å². The fourth-order valence-corrected chi connectivity index (χ4v) is 5.25. The Morgan fingerprint density at radius 3 is 0.400 bits per heavy atom. The minimum atomic E-state index is -0.855. The summed E-state index contributed by atoms with van der Waals surface area (Å²) < 4.78 is 126. The lowest BCUT2D eigenvalue weighted by atomic mass is 10.4. The Balaban J connectivity index is 3.08. The van der Waals surface area contributed by atoms with Crippen LogP contribution in [0.4, 0.5) is 0 Å². The van der Waals surface area contributed by atoms with Gasteiger partial charge in [0.15, 0.2) is 0 Å². The van der Waals surface area contributed by atoms with E-state index in [9.17, 15) is 0 Å². The lowest BCUT2D eigenvalue weighted by Crippen LogP contribution is -2.21. The van der Waals surface area contributed by atoms with E-state index in [0.29, 0.717) is 291 Å². The van der Waals surface area contributed by atoms with Gasteiger partial charge in [0.1, 0.15) is 6.10 Å². The van der Waals surface area contributed by atoms with Gasteiger partial charge in [0.2, 0.25) is 0 Å². The highest BCUT2D eigenvalue weighted by Gasteiger charge is 2.02. The van der Waals surface area contributed by atoms with Crippen molar-refractivity contribution in [2.75, 3.05) is 311 Å². The molecular formula is C50H102O25. The second kappa shape index (κ2) is 71.0. The molecule has 0 bridgehead atoms. The smallest absolute Gasteiger partial charge is 0.100 e. The molecule has 0 saturated carbocycles. The van der Waals surface area contributed by atoms with Crippen LogP contribution >= 0.6 is 0 Å². The van der Waals surface area contributed by atoms with E-state index in [-0.39, 0.29) is 13.2 Å². The number of hydrogen-bond donors (Lipinski definition) is 2. The molecule has 452 valence electrons. The first-order chi connectivity index (χ1) is 37.3. The molecule has 0 spiro atoms. The Bertz CT molecular complexity index is 988. The van der Waals surface area contributed by atoms with Crippen molar-refractivity contribution in [3.63, 3.8) is 0 Å². The number of ether oxygens (including phenoxy) is 23. The molecule has 0 radical (unpaired) electrons. The van der Waals surface area contributed by atoms with Crippen LogP contribution in [0.2, 0.25) is 0 Å². The quantitative estimate of drug-likeness (QED) is 0.0768. The van der Waals surface area contributed by atoms with Crippen LogP contribution in [0.5, 0.6) is 0 Å². The van der Waals surface area contributed by atoms with Crippen LogP contribution in [0.3, 0.4) is 0 Å². The van der Waals surface area contributed by atoms with Crippen molar-refractivity contribution < 1.29 is 119 Å². The fourth-order valence-electron chi connectivity index (χ4n) is 5.25. The van der Waals surface area contributed by atoms with Gasteiger partial charge in [0.05, 0.1) is 304 Å². The maximum atomic E-state index is 9.15. The zero-order valence-corrected chi connectivity index (χ0v) is 45.8. The van der Waals surface area contributed by atoms with Crippen molar-refractivity contribution >= 4 is 0 Å². The second-order valence-electron chi connectivity index (χ2n) is 15.4. The van der Waals surface area contributed by atoms with Crippen molar-refractivity contribution in [1.29, 1.82) is 0 Å². The first-order valence-electron chi connectivity index (χ1n) is 26.9. The van der Waals surface area contributed by atoms with Crippen LogP contribution in [0.1, 0.15) is 13.3 Å². The van der Waals surface area contributed by atoms with Crippen LogP contribution in [-0.4, -0.2) is 327 Å². The van der Waals surface area contributed by atoms with E-state index in [1.54, 1.807) is 0 Å². The minimum absolute atomic E-state index is 0.0890. The predicted molar refractivity (Wildman–Crippen MR) is 272 cm³/mol. The molecule has 0 saturated heterocycles. The molecule has 0 aliphatic heterocycles. The van der Waals surface area contributed by atoms with E-state index in [0.717, 1.165) is 13.0 Å². The molecule has 0 fully saturated rings. The molecular weight excluding hydrogens is 1000 g/mol. The van der Waals surface area contributed by atoms with Crippen LogP contribution in [0.25, 0.3) is 0 Å². The van der Waals surface area contributed by atoms with Crippen molar-refractivity contribution in [2.45, 2.75) is 19.4 Å². The summed E-state index contributed by atoms with van der Waals surface area (Å²) in [7, 11) is 0. The van der Waals surface area contributed by atoms with Crippen LogP contribution in [-0.2, 0) is 109 Å². The Labute approximate surface area is 448 Å². The maximum Gasteiger partial charge on any atom is 0.100 e. The van der Waals surface area contributed by atoms with Crippen molar-refractivity contribution in [1.82, 2.24) is 0 Å². The molecule has 2 N–H and O–H groups in total. The summed E-state index contributed by atoms with van der Waals surface area (Å²) in [5, 5.41) is 17.8. The SMILES string of the molecule is CCCOCCOCCOCCOCCOCCOCCOCCOCCOCCOCCOCCOCCOCCOCCOCCOCCOCCOCCOCCOCCOCCOCCOCC(O)CO. The van der Waals surface area contributed by atoms with E-state index in [4.69, 9.17) is 119 Å². The Morgan fingerprint density at radius 2 is 0.293 bits per heavy atom. The van der Waals surface area contributed by atoms with Gasteiger partial charge in [0.25, 0.3) is 0 Å². The zero-order valence-electron chi connectivity index (χ0n) is 45.8. The number of hydrogen-bond acceptors (Lipinski definition) is 25. The highest BCUT2D eigenvalue weighted by molar-refractivity contribution is 4.48. The van der Waals surface area contributed by atoms with E-state index < -0.39 is 6.10 Å². The van der Waals surface area contributed by atoms with E-state index >= 15 is 0 Å². The molecule has 1 atom stereocenters. The summed E-state index contributed by atoms with van der Waals surface area (Å²) >= 11 is 0. The Kier molecular flexibility index (Phi) is 70.1. The van der Waals surface area contributed by atoms with Gasteiger partial charge in [-0.1, -0.05) is 6.92 Å². The predicted octanol–water partition coefficient (Wildman–Crippen LogP) is 0.131. The largest absolute Gasteiger partial charge is 0.394 e. The van der Waals surface area contributed by atoms with Crippen molar-refractivity contribution in [3.8, 4) is 0 Å². The van der Waals surface area contributed by atoms with Crippen LogP contribution in [0.15, 0.2) is 0 Å². The Morgan fingerprint density at radius 1 is 0.187 bits per heavy atom. The molecule has 1 unspecified atom stereocenters. The maximum absolute atomic E-state index is 9.15. The zero-order chi connectivity index (χ0) is 53.8. The molecule has 0 amide bonds. The highest BCUT2D eigenvalue weighted by atomic mass is 16.6. The summed E-state index contributed by atoms with van der Waals surface area (Å²) in [5.41, 5.74) is 0. The van der Waals surface area contributed by atoms with Crippen LogP contribution in [0, 0.1) is 0 Å². The molecule has 25 heteroatoms. The standard InChI is InChI=1S/C50H102O25/c1-2-3-53-4-5-54-6-7-55-8-9-56-10-11-57-12-13-58-14-15-59-16-17-60-18-19-61-20-21-62-22-23-63-24-25-64-26-27-65-28-29-66-30-31-67-32-33-68-34-35-69-36-37-70-38-39-71-40-41-72-42-43-73-44-45-74-46-47-75-49-50(52)48-51/h50-52H,2-49H2,1H3. The third-order valence-corrected chi connectivity index (χ3v) is 9.05. The van der Waals surface area contributed by atoms with Gasteiger partial charge < -0.3 is 119 Å². The first-order valence-corrected chi connectivity index (χ1v) is 26.9. The summed E-state index contributed by atoms with van der Waals surface area (Å²) in [6, 6.07) is 0. The molecule has 25 nitrogen and oxygen atoms in total. The number of rotatable bonds is 71. The highest BCUT2D eigenvalue weighted by Crippen LogP contribution is 1.91. The van der Waals surface area contributed by atoms with E-state index in [1.165, 1.54) is 0 Å². The molecule has 0 heterocycles. The fraction of sp³-hybridized carbons (Fsp3) is 1.00. The average Bonchev–Trinajstić information content (AvgIpc) is 3.42. The minimum Gasteiger partial charge on any atom is -0.394 e. The molecule has 0 aromatic heterocycles. The first kappa shape index (κ1) is 74.0. The molecule has 0 rings (SSSR count). The van der Waals surface area contributed by atoms with Gasteiger partial charge in [-0.2, -0.15) is 0 Å². The lowest BCUT2D eigenvalue weighted by molar-refractivity contribution is -0.0333. The average molecular weight is 1100 g/mol. The van der Waals surface area contributed by atoms with E-state index in [2.05, 4.69) is 6.92 Å². The van der Waals surface area contributed by atoms with Crippen molar-refractivity contribution in [3.05, 3.63) is 0 Å². The summed E-state index contributed by atoms with van der Waals surface area (Å²) in [6.07, 6.45) is 0.162. The molecule has 75 heavy (non-hydrogen) atoms. The molecule has 0 aliphatic carbocycles. The van der Waals surface area contributed by atoms with Crippen LogP contribution < -0.4 is 0 Å². The van der Waals surface area contributed by atoms with Gasteiger partial charge in [-0.3, -0.25) is 0 Å². The molecule has 0 aliphatic rings. The Hall–Kier alpha value is -1.00. The lowest BCUT2D eigenvalue weighted by Gasteiger charge is -2.09. The second-order valence-corrected chi connectivity index (χ2v) is 15.4. The van der Waals surface area contributed by atoms with Gasteiger partial charge in [0, 0.05) is 6.61 Å². The van der Waals surface area contributed by atoms with Gasteiger partial charge in [-0.25, -0.2) is 0 Å². The normalized spacial score (nSPS) is 12.2. The summed E-state index contributed by atoms with van der Waals surface area (Å²) in [6.45, 7) is 24.2. The number of aliphatic hydroxyl groups is 2.